The first-order valence-corrected chi connectivity index (χ1v) is 8.93. The van der Waals surface area contributed by atoms with Crippen LogP contribution in [0, 0.1) is 11.8 Å². The molecule has 2 heterocycles. The van der Waals surface area contributed by atoms with Crippen LogP contribution in [0.5, 0.6) is 0 Å². The van der Waals surface area contributed by atoms with E-state index in [4.69, 9.17) is 5.73 Å². The molecule has 2 saturated carbocycles. The van der Waals surface area contributed by atoms with Crippen molar-refractivity contribution in [1.82, 2.24) is 15.2 Å². The predicted octanol–water partition coefficient (Wildman–Crippen LogP) is 2.19. The van der Waals surface area contributed by atoms with Crippen LogP contribution < -0.4 is 11.1 Å². The third-order valence-corrected chi connectivity index (χ3v) is 5.71. The van der Waals surface area contributed by atoms with Crippen LogP contribution in [-0.2, 0) is 0 Å². The standard InChI is InChI=1S/C18H25N5O2/c1-10-5-17(6-11(2)8-18(25,7-10)9-17)21-13-12-3-4-20-16(12)23-22-14(13)15(19)24/h3-4,10-11,25H,5-9H2,1-2H3,(H2,19,24)(H2,20,21,23)/t10-,11+,17?,18?. The molecular weight excluding hydrogens is 318 g/mol. The SMILES string of the molecule is C[C@@H]1CC2(O)C[C@H](C)CC(Nc3c(C(N)=O)nnc4[nH]ccc34)(C1)C2. The third kappa shape index (κ3) is 2.76. The van der Waals surface area contributed by atoms with E-state index in [1.807, 2.05) is 6.07 Å². The Morgan fingerprint density at radius 3 is 2.60 bits per heavy atom. The van der Waals surface area contributed by atoms with Gasteiger partial charge in [-0.25, -0.2) is 0 Å². The summed E-state index contributed by atoms with van der Waals surface area (Å²) in [7, 11) is 0. The summed E-state index contributed by atoms with van der Waals surface area (Å²) in [5, 5.41) is 23.5. The van der Waals surface area contributed by atoms with Crippen LogP contribution in [0.15, 0.2) is 12.3 Å². The molecule has 2 fully saturated rings. The topological polar surface area (TPSA) is 117 Å². The molecule has 2 aromatic heterocycles. The summed E-state index contributed by atoms with van der Waals surface area (Å²) < 4.78 is 0. The number of aliphatic hydroxyl groups is 1. The highest BCUT2D eigenvalue weighted by Gasteiger charge is 2.51. The number of hydrogen-bond acceptors (Lipinski definition) is 5. The molecule has 0 aliphatic heterocycles. The minimum Gasteiger partial charge on any atom is -0.390 e. The Kier molecular flexibility index (Phi) is 3.54. The van der Waals surface area contributed by atoms with Crippen molar-refractivity contribution >= 4 is 22.6 Å². The van der Waals surface area contributed by atoms with E-state index < -0.39 is 11.5 Å². The van der Waals surface area contributed by atoms with E-state index in [-0.39, 0.29) is 11.2 Å². The van der Waals surface area contributed by atoms with Crippen LogP contribution in [0.25, 0.3) is 11.0 Å². The number of aromatic nitrogens is 3. The molecule has 0 spiro atoms. The van der Waals surface area contributed by atoms with Gasteiger partial charge < -0.3 is 21.1 Å². The molecule has 2 unspecified atom stereocenters. The summed E-state index contributed by atoms with van der Waals surface area (Å²) in [5.41, 5.74) is 6.04. The van der Waals surface area contributed by atoms with Crippen LogP contribution in [0.3, 0.4) is 0 Å². The maximum absolute atomic E-state index is 11.9. The van der Waals surface area contributed by atoms with Crippen molar-refractivity contribution in [3.63, 3.8) is 0 Å². The van der Waals surface area contributed by atoms with Gasteiger partial charge in [-0.1, -0.05) is 13.8 Å². The highest BCUT2D eigenvalue weighted by molar-refractivity contribution is 6.04. The number of fused-ring (bicyclic) bond motifs is 3. The van der Waals surface area contributed by atoms with Gasteiger partial charge in [0.05, 0.1) is 11.3 Å². The Bertz CT molecular complexity index is 816. The molecule has 4 atom stereocenters. The number of nitrogens with one attached hydrogen (secondary N) is 2. The lowest BCUT2D eigenvalue weighted by atomic mass is 9.59. The molecule has 1 amide bonds. The van der Waals surface area contributed by atoms with Gasteiger partial charge in [0.25, 0.3) is 5.91 Å². The van der Waals surface area contributed by atoms with E-state index in [1.165, 1.54) is 0 Å². The Hall–Kier alpha value is -2.15. The summed E-state index contributed by atoms with van der Waals surface area (Å²) in [4.78, 5) is 14.9. The molecule has 0 aromatic carbocycles. The highest BCUT2D eigenvalue weighted by Crippen LogP contribution is 2.51. The van der Waals surface area contributed by atoms with Gasteiger partial charge in [0.2, 0.25) is 0 Å². The number of carbonyl (C=O) groups excluding carboxylic acids is 1. The number of rotatable bonds is 3. The maximum Gasteiger partial charge on any atom is 0.271 e. The fourth-order valence-electron chi connectivity index (χ4n) is 5.49. The average molecular weight is 343 g/mol. The second kappa shape index (κ2) is 5.42. The van der Waals surface area contributed by atoms with Gasteiger partial charge in [-0.2, -0.15) is 0 Å². The molecule has 2 aliphatic rings. The largest absolute Gasteiger partial charge is 0.390 e. The minimum atomic E-state index is -0.646. The molecule has 2 bridgehead atoms. The van der Waals surface area contributed by atoms with Gasteiger partial charge >= 0.3 is 0 Å². The summed E-state index contributed by atoms with van der Waals surface area (Å²) in [6.45, 7) is 4.37. The van der Waals surface area contributed by atoms with Crippen LogP contribution in [0.2, 0.25) is 0 Å². The van der Waals surface area contributed by atoms with E-state index in [9.17, 15) is 9.90 Å². The zero-order valence-electron chi connectivity index (χ0n) is 14.7. The first kappa shape index (κ1) is 16.3. The highest BCUT2D eigenvalue weighted by atomic mass is 16.3. The van der Waals surface area contributed by atoms with E-state index in [0.29, 0.717) is 29.6 Å². The maximum atomic E-state index is 11.9. The number of primary amides is 1. The Morgan fingerprint density at radius 1 is 1.28 bits per heavy atom. The molecule has 0 saturated heterocycles. The Balaban J connectivity index is 1.81. The van der Waals surface area contributed by atoms with Crippen molar-refractivity contribution in [2.75, 3.05) is 5.32 Å². The van der Waals surface area contributed by atoms with Crippen LogP contribution in [0.1, 0.15) is 56.4 Å². The monoisotopic (exact) mass is 343 g/mol. The molecule has 7 heteroatoms. The smallest absolute Gasteiger partial charge is 0.271 e. The molecule has 2 aromatic rings. The van der Waals surface area contributed by atoms with E-state index >= 15 is 0 Å². The summed E-state index contributed by atoms with van der Waals surface area (Å²) in [6, 6.07) is 1.88. The molecule has 134 valence electrons. The molecule has 4 rings (SSSR count). The summed E-state index contributed by atoms with van der Waals surface area (Å²) in [5.74, 6) is 0.219. The molecule has 0 radical (unpaired) electrons. The molecule has 25 heavy (non-hydrogen) atoms. The van der Waals surface area contributed by atoms with Gasteiger partial charge in [-0.3, -0.25) is 4.79 Å². The lowest BCUT2D eigenvalue weighted by molar-refractivity contribution is -0.0838. The number of aromatic amines is 1. The predicted molar refractivity (Wildman–Crippen MR) is 95.1 cm³/mol. The first-order valence-electron chi connectivity index (χ1n) is 8.93. The van der Waals surface area contributed by atoms with Crippen molar-refractivity contribution in [3.8, 4) is 0 Å². The number of carbonyl (C=O) groups is 1. The molecule has 2 aliphatic carbocycles. The first-order chi connectivity index (χ1) is 11.8. The van der Waals surface area contributed by atoms with Gasteiger partial charge in [0.15, 0.2) is 11.3 Å². The van der Waals surface area contributed by atoms with E-state index in [1.54, 1.807) is 6.20 Å². The van der Waals surface area contributed by atoms with Gasteiger partial charge in [-0.05, 0) is 50.0 Å². The van der Waals surface area contributed by atoms with Crippen LogP contribution in [-0.4, -0.2) is 37.3 Å². The number of anilines is 1. The van der Waals surface area contributed by atoms with E-state index in [2.05, 4.69) is 34.3 Å². The normalized spacial score (nSPS) is 34.8. The molecular formula is C18H25N5O2. The third-order valence-electron chi connectivity index (χ3n) is 5.71. The lowest BCUT2D eigenvalue weighted by Gasteiger charge is -2.54. The zero-order valence-corrected chi connectivity index (χ0v) is 14.7. The van der Waals surface area contributed by atoms with Gasteiger partial charge in [0, 0.05) is 17.1 Å². The molecule has 5 N–H and O–H groups in total. The Labute approximate surface area is 146 Å². The fourth-order valence-corrected chi connectivity index (χ4v) is 5.49. The van der Waals surface area contributed by atoms with Crippen molar-refractivity contribution in [1.29, 1.82) is 0 Å². The van der Waals surface area contributed by atoms with E-state index in [0.717, 1.165) is 31.1 Å². The van der Waals surface area contributed by atoms with Crippen molar-refractivity contribution in [3.05, 3.63) is 18.0 Å². The second-order valence-electron chi connectivity index (χ2n) is 8.36. The molecule has 7 nitrogen and oxygen atoms in total. The minimum absolute atomic E-state index is 0.154. The Morgan fingerprint density at radius 2 is 1.96 bits per heavy atom. The quantitative estimate of drug-likeness (QED) is 0.681. The number of nitrogens with two attached hydrogens (primary N) is 1. The fraction of sp³-hybridized carbons (Fsp3) is 0.611. The lowest BCUT2D eigenvalue weighted by Crippen LogP contribution is -2.57. The van der Waals surface area contributed by atoms with Gasteiger partial charge in [-0.15, -0.1) is 10.2 Å². The number of H-pyrrole nitrogens is 1. The number of amides is 1. The summed E-state index contributed by atoms with van der Waals surface area (Å²) >= 11 is 0. The number of nitrogens with zero attached hydrogens (tertiary/aromatic N) is 2. The van der Waals surface area contributed by atoms with Crippen molar-refractivity contribution in [2.24, 2.45) is 17.6 Å². The van der Waals surface area contributed by atoms with Crippen LogP contribution in [0.4, 0.5) is 5.69 Å². The van der Waals surface area contributed by atoms with Crippen molar-refractivity contribution < 1.29 is 9.90 Å². The summed E-state index contributed by atoms with van der Waals surface area (Å²) in [6.07, 6.45) is 6.02. The average Bonchev–Trinajstić information content (AvgIpc) is 2.92. The van der Waals surface area contributed by atoms with Gasteiger partial charge in [0.1, 0.15) is 0 Å². The zero-order chi connectivity index (χ0) is 17.8. The van der Waals surface area contributed by atoms with Crippen molar-refractivity contribution in [2.45, 2.75) is 57.1 Å². The second-order valence-corrected chi connectivity index (χ2v) is 8.36. The van der Waals surface area contributed by atoms with Crippen LogP contribution >= 0.6 is 0 Å². The number of hydrogen-bond donors (Lipinski definition) is 4.